The molecule has 0 N–H and O–H groups in total. The molecule has 0 aliphatic rings. The second kappa shape index (κ2) is 3.40. The molecule has 3 nitrogen and oxygen atoms in total. The lowest BCUT2D eigenvalue weighted by Gasteiger charge is -1.94. The molecule has 4 heteroatoms. The molecule has 1 rings (SSSR count). The van der Waals surface area contributed by atoms with Gasteiger partial charge in [-0.05, 0) is 6.42 Å². The van der Waals surface area contributed by atoms with Crippen molar-refractivity contribution in [3.63, 3.8) is 0 Å². The highest BCUT2D eigenvalue weighted by molar-refractivity contribution is 7.07. The van der Waals surface area contributed by atoms with Crippen LogP contribution in [-0.4, -0.2) is 16.0 Å². The Hall–Kier alpha value is -0.640. The average Bonchev–Trinajstić information content (AvgIpc) is 2.34. The predicted molar refractivity (Wildman–Crippen MR) is 35.7 cm³/mol. The summed E-state index contributed by atoms with van der Waals surface area (Å²) < 4.78 is 8.92. The van der Waals surface area contributed by atoms with Gasteiger partial charge in [0.15, 0.2) is 0 Å². The molecule has 0 aliphatic heterocycles. The van der Waals surface area contributed by atoms with Gasteiger partial charge in [0.05, 0.1) is 6.61 Å². The first-order valence-electron chi connectivity index (χ1n) is 2.83. The third-order valence-electron chi connectivity index (χ3n) is 0.771. The van der Waals surface area contributed by atoms with Gasteiger partial charge < -0.3 is 4.74 Å². The summed E-state index contributed by atoms with van der Waals surface area (Å²) in [5.41, 5.74) is 0. The van der Waals surface area contributed by atoms with E-state index in [4.69, 9.17) is 4.74 Å². The molecule has 0 aliphatic carbocycles. The van der Waals surface area contributed by atoms with Crippen LogP contribution in [-0.2, 0) is 0 Å². The third kappa shape index (κ3) is 1.97. The first kappa shape index (κ1) is 6.48. The fourth-order valence-corrected chi connectivity index (χ4v) is 0.831. The lowest BCUT2D eigenvalue weighted by Crippen LogP contribution is -1.93. The normalized spacial score (nSPS) is 9.44. The highest BCUT2D eigenvalue weighted by Gasteiger charge is 1.92. The fraction of sp³-hybridized carbons (Fsp3) is 0.600. The van der Waals surface area contributed by atoms with E-state index in [0.717, 1.165) is 13.0 Å². The van der Waals surface area contributed by atoms with Crippen LogP contribution in [0.25, 0.3) is 0 Å². The van der Waals surface area contributed by atoms with Crippen molar-refractivity contribution in [1.29, 1.82) is 0 Å². The van der Waals surface area contributed by atoms with Crippen LogP contribution < -0.4 is 4.74 Å². The molecule has 0 spiro atoms. The highest BCUT2D eigenvalue weighted by atomic mass is 32.1. The van der Waals surface area contributed by atoms with Gasteiger partial charge in [-0.25, -0.2) is 0 Å². The van der Waals surface area contributed by atoms with Gasteiger partial charge in [-0.3, -0.25) is 0 Å². The maximum absolute atomic E-state index is 5.14. The number of hydrogen-bond donors (Lipinski definition) is 0. The van der Waals surface area contributed by atoms with E-state index in [0.29, 0.717) is 5.19 Å². The molecular formula is C5H8N2OS. The molecule has 0 saturated carbocycles. The molecule has 0 aromatic carbocycles. The topological polar surface area (TPSA) is 35.0 Å². The fourth-order valence-electron chi connectivity index (χ4n) is 0.416. The summed E-state index contributed by atoms with van der Waals surface area (Å²) in [7, 11) is 0. The molecule has 50 valence electrons. The molecule has 0 unspecified atom stereocenters. The second-order valence-corrected chi connectivity index (χ2v) is 2.30. The molecule has 0 atom stereocenters. The summed E-state index contributed by atoms with van der Waals surface area (Å²) in [6.45, 7) is 2.79. The maximum atomic E-state index is 5.14. The van der Waals surface area contributed by atoms with Gasteiger partial charge in [0.1, 0.15) is 6.33 Å². The number of rotatable bonds is 3. The number of ether oxygens (including phenoxy) is 1. The Balaban J connectivity index is 2.30. The zero-order chi connectivity index (χ0) is 6.53. The van der Waals surface area contributed by atoms with Crippen LogP contribution in [0.2, 0.25) is 0 Å². The van der Waals surface area contributed by atoms with Crippen molar-refractivity contribution < 1.29 is 4.74 Å². The largest absolute Gasteiger partial charge is 0.469 e. The van der Waals surface area contributed by atoms with Crippen molar-refractivity contribution in [2.24, 2.45) is 0 Å². The van der Waals surface area contributed by atoms with E-state index in [9.17, 15) is 0 Å². The van der Waals surface area contributed by atoms with Crippen molar-refractivity contribution >= 4 is 11.5 Å². The summed E-state index contributed by atoms with van der Waals surface area (Å²) >= 11 is 1.28. The van der Waals surface area contributed by atoms with Crippen LogP contribution in [0.15, 0.2) is 6.33 Å². The van der Waals surface area contributed by atoms with Crippen LogP contribution in [0.5, 0.6) is 5.19 Å². The minimum absolute atomic E-state index is 0.664. The Morgan fingerprint density at radius 2 is 2.67 bits per heavy atom. The van der Waals surface area contributed by atoms with E-state index in [1.165, 1.54) is 17.9 Å². The molecule has 1 heterocycles. The average molecular weight is 144 g/mol. The number of nitrogens with zero attached hydrogens (tertiary/aromatic N) is 2. The quantitative estimate of drug-likeness (QED) is 0.641. The molecule has 0 radical (unpaired) electrons. The molecule has 0 fully saturated rings. The highest BCUT2D eigenvalue weighted by Crippen LogP contribution is 2.09. The maximum Gasteiger partial charge on any atom is 0.292 e. The summed E-state index contributed by atoms with van der Waals surface area (Å²) in [6.07, 6.45) is 2.51. The lowest BCUT2D eigenvalue weighted by molar-refractivity contribution is 0.316. The summed E-state index contributed by atoms with van der Waals surface area (Å²) in [5, 5.41) is 0.664. The Kier molecular flexibility index (Phi) is 2.45. The Morgan fingerprint density at radius 3 is 3.22 bits per heavy atom. The van der Waals surface area contributed by atoms with Crippen LogP contribution in [0.3, 0.4) is 0 Å². The van der Waals surface area contributed by atoms with E-state index in [-0.39, 0.29) is 0 Å². The van der Waals surface area contributed by atoms with Gasteiger partial charge >= 0.3 is 0 Å². The predicted octanol–water partition coefficient (Wildman–Crippen LogP) is 1.33. The first-order chi connectivity index (χ1) is 4.43. The molecule has 9 heavy (non-hydrogen) atoms. The summed E-state index contributed by atoms with van der Waals surface area (Å²) in [6, 6.07) is 0. The van der Waals surface area contributed by atoms with Gasteiger partial charge in [-0.2, -0.15) is 9.36 Å². The van der Waals surface area contributed by atoms with Crippen molar-refractivity contribution in [2.75, 3.05) is 6.61 Å². The number of hydrogen-bond acceptors (Lipinski definition) is 4. The van der Waals surface area contributed by atoms with E-state index in [2.05, 4.69) is 16.3 Å². The third-order valence-corrected chi connectivity index (χ3v) is 1.35. The molecule has 0 bridgehead atoms. The first-order valence-corrected chi connectivity index (χ1v) is 3.60. The van der Waals surface area contributed by atoms with Gasteiger partial charge in [0.25, 0.3) is 5.19 Å². The van der Waals surface area contributed by atoms with Gasteiger partial charge in [0, 0.05) is 11.5 Å². The Labute approximate surface area is 57.9 Å². The lowest BCUT2D eigenvalue weighted by atomic mass is 10.5. The second-order valence-electron chi connectivity index (χ2n) is 1.56. The number of aromatic nitrogens is 2. The zero-order valence-electron chi connectivity index (χ0n) is 5.20. The Morgan fingerprint density at radius 1 is 1.78 bits per heavy atom. The van der Waals surface area contributed by atoms with Gasteiger partial charge in [-0.1, -0.05) is 6.92 Å². The molecule has 0 amide bonds. The van der Waals surface area contributed by atoms with E-state index >= 15 is 0 Å². The minimum Gasteiger partial charge on any atom is -0.469 e. The van der Waals surface area contributed by atoms with Crippen LogP contribution in [0.4, 0.5) is 0 Å². The summed E-state index contributed by atoms with van der Waals surface area (Å²) in [5.74, 6) is 0. The zero-order valence-corrected chi connectivity index (χ0v) is 6.02. The van der Waals surface area contributed by atoms with Crippen LogP contribution in [0, 0.1) is 0 Å². The van der Waals surface area contributed by atoms with Crippen molar-refractivity contribution in [3.05, 3.63) is 6.33 Å². The smallest absolute Gasteiger partial charge is 0.292 e. The summed E-state index contributed by atoms with van der Waals surface area (Å²) in [4.78, 5) is 3.84. The molecule has 1 aromatic rings. The van der Waals surface area contributed by atoms with Gasteiger partial charge in [-0.15, -0.1) is 0 Å². The monoisotopic (exact) mass is 144 g/mol. The van der Waals surface area contributed by atoms with Gasteiger partial charge in [0.2, 0.25) is 0 Å². The Bertz CT molecular complexity index is 152. The molecule has 1 aromatic heterocycles. The molecule has 0 saturated heterocycles. The van der Waals surface area contributed by atoms with Crippen molar-refractivity contribution in [1.82, 2.24) is 9.36 Å². The van der Waals surface area contributed by atoms with E-state index in [1.807, 2.05) is 0 Å². The SMILES string of the molecule is CCCOc1ncns1. The molecular weight excluding hydrogens is 136 g/mol. The van der Waals surface area contributed by atoms with E-state index in [1.54, 1.807) is 0 Å². The standard InChI is InChI=1S/C5H8N2OS/c1-2-3-8-5-6-4-7-9-5/h4H,2-3H2,1H3. The van der Waals surface area contributed by atoms with E-state index < -0.39 is 0 Å². The van der Waals surface area contributed by atoms with Crippen molar-refractivity contribution in [3.8, 4) is 5.19 Å². The minimum atomic E-state index is 0.664. The van der Waals surface area contributed by atoms with Crippen LogP contribution in [0.1, 0.15) is 13.3 Å². The van der Waals surface area contributed by atoms with Crippen LogP contribution >= 0.6 is 11.5 Å². The van der Waals surface area contributed by atoms with Crippen molar-refractivity contribution in [2.45, 2.75) is 13.3 Å².